The maximum atomic E-state index is 12.2. The Morgan fingerprint density at radius 2 is 2.05 bits per heavy atom. The third-order valence-electron chi connectivity index (χ3n) is 2.72. The number of benzene rings is 1. The molecule has 0 bridgehead atoms. The van der Waals surface area contributed by atoms with Gasteiger partial charge in [0.25, 0.3) is 0 Å². The van der Waals surface area contributed by atoms with E-state index < -0.39 is 5.60 Å². The Labute approximate surface area is 119 Å². The molecule has 0 N–H and O–H groups in total. The average Bonchev–Trinajstić information content (AvgIpc) is 2.78. The maximum absolute atomic E-state index is 12.2. The number of hydrogen-bond donors (Lipinski definition) is 0. The summed E-state index contributed by atoms with van der Waals surface area (Å²) in [6, 6.07) is 7.67. The van der Waals surface area contributed by atoms with Crippen LogP contribution >= 0.6 is 0 Å². The van der Waals surface area contributed by atoms with Gasteiger partial charge in [0.2, 0.25) is 0 Å². The molecule has 104 valence electrons. The van der Waals surface area contributed by atoms with E-state index in [0.717, 1.165) is 22.9 Å². The number of carbonyl (C=O) groups is 1. The SMILES string of the molecule is CCC#Cc1cccc2c1ccn2C(=O)OC(C)(C)C. The summed E-state index contributed by atoms with van der Waals surface area (Å²) >= 11 is 0. The first-order valence-electron chi connectivity index (χ1n) is 6.74. The minimum Gasteiger partial charge on any atom is -0.443 e. The van der Waals surface area contributed by atoms with Gasteiger partial charge in [0.05, 0.1) is 5.52 Å². The monoisotopic (exact) mass is 269 g/mol. The number of fused-ring (bicyclic) bond motifs is 1. The molecule has 3 heteroatoms. The van der Waals surface area contributed by atoms with Crippen molar-refractivity contribution in [2.24, 2.45) is 0 Å². The van der Waals surface area contributed by atoms with E-state index >= 15 is 0 Å². The van der Waals surface area contributed by atoms with Crippen LogP contribution < -0.4 is 0 Å². The summed E-state index contributed by atoms with van der Waals surface area (Å²) in [5, 5.41) is 0.972. The molecule has 1 heterocycles. The van der Waals surface area contributed by atoms with E-state index in [4.69, 9.17) is 4.74 Å². The first kappa shape index (κ1) is 14.2. The van der Waals surface area contributed by atoms with Crippen LogP contribution in [0.5, 0.6) is 0 Å². The van der Waals surface area contributed by atoms with Gasteiger partial charge < -0.3 is 4.74 Å². The van der Waals surface area contributed by atoms with Crippen LogP contribution in [0.2, 0.25) is 0 Å². The van der Waals surface area contributed by atoms with Crippen molar-refractivity contribution >= 4 is 17.0 Å². The lowest BCUT2D eigenvalue weighted by molar-refractivity contribution is 0.0544. The second-order valence-electron chi connectivity index (χ2n) is 5.56. The molecule has 1 aromatic carbocycles. The molecule has 1 aromatic heterocycles. The van der Waals surface area contributed by atoms with Crippen LogP contribution in [0.3, 0.4) is 0 Å². The second kappa shape index (κ2) is 5.42. The van der Waals surface area contributed by atoms with Crippen molar-refractivity contribution < 1.29 is 9.53 Å². The van der Waals surface area contributed by atoms with Gasteiger partial charge >= 0.3 is 6.09 Å². The number of ether oxygens (including phenoxy) is 1. The lowest BCUT2D eigenvalue weighted by Gasteiger charge is -2.19. The highest BCUT2D eigenvalue weighted by Gasteiger charge is 2.19. The van der Waals surface area contributed by atoms with Gasteiger partial charge in [-0.25, -0.2) is 4.79 Å². The lowest BCUT2D eigenvalue weighted by Crippen LogP contribution is -2.26. The van der Waals surface area contributed by atoms with Gasteiger partial charge in [-0.05, 0) is 39.0 Å². The summed E-state index contributed by atoms with van der Waals surface area (Å²) in [6.45, 7) is 7.58. The van der Waals surface area contributed by atoms with Crippen LogP contribution in [-0.4, -0.2) is 16.3 Å². The van der Waals surface area contributed by atoms with Gasteiger partial charge in [-0.1, -0.05) is 24.8 Å². The molecular formula is C17H19NO2. The van der Waals surface area contributed by atoms with Gasteiger partial charge in [-0.15, -0.1) is 0 Å². The predicted octanol–water partition coefficient (Wildman–Crippen LogP) is 4.19. The van der Waals surface area contributed by atoms with E-state index in [9.17, 15) is 4.79 Å². The van der Waals surface area contributed by atoms with Crippen LogP contribution in [0, 0.1) is 11.8 Å². The minimum absolute atomic E-state index is 0.367. The van der Waals surface area contributed by atoms with Crippen LogP contribution in [0.4, 0.5) is 4.79 Å². The molecular weight excluding hydrogens is 250 g/mol. The fourth-order valence-electron chi connectivity index (χ4n) is 1.93. The minimum atomic E-state index is -0.507. The van der Waals surface area contributed by atoms with Crippen molar-refractivity contribution in [2.75, 3.05) is 0 Å². The molecule has 0 saturated heterocycles. The Kier molecular flexibility index (Phi) is 3.85. The van der Waals surface area contributed by atoms with Crippen molar-refractivity contribution in [3.05, 3.63) is 36.0 Å². The molecule has 0 amide bonds. The normalized spacial score (nSPS) is 11.0. The predicted molar refractivity (Wildman–Crippen MR) is 80.7 cm³/mol. The zero-order valence-electron chi connectivity index (χ0n) is 12.4. The topological polar surface area (TPSA) is 31.2 Å². The number of rotatable bonds is 0. The van der Waals surface area contributed by atoms with Crippen molar-refractivity contribution in [1.29, 1.82) is 0 Å². The summed E-state index contributed by atoms with van der Waals surface area (Å²) in [5.74, 6) is 6.18. The van der Waals surface area contributed by atoms with E-state index in [-0.39, 0.29) is 6.09 Å². The van der Waals surface area contributed by atoms with Crippen molar-refractivity contribution in [3.8, 4) is 11.8 Å². The van der Waals surface area contributed by atoms with Gasteiger partial charge in [-0.2, -0.15) is 0 Å². The summed E-state index contributed by atoms with van der Waals surface area (Å²) in [4.78, 5) is 12.2. The Morgan fingerprint density at radius 3 is 2.70 bits per heavy atom. The van der Waals surface area contributed by atoms with E-state index in [2.05, 4.69) is 11.8 Å². The molecule has 2 aromatic rings. The van der Waals surface area contributed by atoms with Gasteiger partial charge in [0.15, 0.2) is 0 Å². The molecule has 0 atom stereocenters. The first-order chi connectivity index (χ1) is 9.42. The summed E-state index contributed by atoms with van der Waals surface area (Å²) in [5.41, 5.74) is 1.25. The summed E-state index contributed by atoms with van der Waals surface area (Å²) in [6.07, 6.45) is 2.17. The van der Waals surface area contributed by atoms with Gasteiger partial charge in [0, 0.05) is 23.6 Å². The Morgan fingerprint density at radius 1 is 1.30 bits per heavy atom. The van der Waals surface area contributed by atoms with E-state index in [0.29, 0.717) is 0 Å². The van der Waals surface area contributed by atoms with Crippen LogP contribution in [-0.2, 0) is 4.74 Å². The highest BCUT2D eigenvalue weighted by molar-refractivity contribution is 5.93. The smallest absolute Gasteiger partial charge is 0.418 e. The molecule has 20 heavy (non-hydrogen) atoms. The molecule has 0 unspecified atom stereocenters. The fraction of sp³-hybridized carbons (Fsp3) is 0.353. The molecule has 0 aliphatic rings. The Hall–Kier alpha value is -2.21. The van der Waals surface area contributed by atoms with Crippen molar-refractivity contribution in [1.82, 2.24) is 4.57 Å². The highest BCUT2D eigenvalue weighted by atomic mass is 16.6. The lowest BCUT2D eigenvalue weighted by atomic mass is 10.1. The van der Waals surface area contributed by atoms with E-state index in [1.54, 1.807) is 6.20 Å². The first-order valence-corrected chi connectivity index (χ1v) is 6.74. The third kappa shape index (κ3) is 3.03. The summed E-state index contributed by atoms with van der Waals surface area (Å²) in [7, 11) is 0. The van der Waals surface area contributed by atoms with E-state index in [1.165, 1.54) is 4.57 Å². The second-order valence-corrected chi connectivity index (χ2v) is 5.56. The van der Waals surface area contributed by atoms with Gasteiger partial charge in [-0.3, -0.25) is 4.57 Å². The number of hydrogen-bond acceptors (Lipinski definition) is 2. The quantitative estimate of drug-likeness (QED) is 0.672. The molecule has 0 saturated carbocycles. The average molecular weight is 269 g/mol. The number of aromatic nitrogens is 1. The Bertz CT molecular complexity index is 693. The molecule has 0 aliphatic carbocycles. The zero-order chi connectivity index (χ0) is 14.8. The third-order valence-corrected chi connectivity index (χ3v) is 2.72. The molecule has 3 nitrogen and oxygen atoms in total. The van der Waals surface area contributed by atoms with E-state index in [1.807, 2.05) is 52.0 Å². The molecule has 0 aliphatic heterocycles. The van der Waals surface area contributed by atoms with Crippen molar-refractivity contribution in [2.45, 2.75) is 39.7 Å². The van der Waals surface area contributed by atoms with Crippen molar-refractivity contribution in [3.63, 3.8) is 0 Å². The zero-order valence-corrected chi connectivity index (χ0v) is 12.4. The largest absolute Gasteiger partial charge is 0.443 e. The van der Waals surface area contributed by atoms with Crippen LogP contribution in [0.25, 0.3) is 10.9 Å². The van der Waals surface area contributed by atoms with Gasteiger partial charge in [0.1, 0.15) is 5.60 Å². The molecule has 0 spiro atoms. The fourth-order valence-corrected chi connectivity index (χ4v) is 1.93. The number of nitrogens with zero attached hydrogens (tertiary/aromatic N) is 1. The van der Waals surface area contributed by atoms with Crippen LogP contribution in [0.15, 0.2) is 30.5 Å². The highest BCUT2D eigenvalue weighted by Crippen LogP contribution is 2.21. The van der Waals surface area contributed by atoms with Crippen LogP contribution in [0.1, 0.15) is 39.7 Å². The maximum Gasteiger partial charge on any atom is 0.418 e. The Balaban J connectivity index is 2.45. The molecule has 0 radical (unpaired) electrons. The standard InChI is InChI=1S/C17H19NO2/c1-5-6-8-13-9-7-10-15-14(13)11-12-18(15)16(19)20-17(2,3)4/h7,9-12H,5H2,1-4H3. The number of carbonyl (C=O) groups excluding carboxylic acids is 1. The molecule has 2 rings (SSSR count). The summed E-state index contributed by atoms with van der Waals surface area (Å²) < 4.78 is 6.92. The molecule has 0 fully saturated rings.